The Balaban J connectivity index is 0. The van der Waals surface area contributed by atoms with E-state index in [9.17, 15) is 23.9 Å². The molecule has 0 radical (unpaired) electrons. The zero-order valence-electron chi connectivity index (χ0n) is 17.9. The van der Waals surface area contributed by atoms with E-state index in [2.05, 4.69) is 19.2 Å². The number of halogens is 2. The SMILES string of the molecule is C=O.CCC.CCCNCC(O)CN(O)c1ccc(N2C=CC(=O)CC2)c(F)c1F.[HH]. The number of rotatable bonds is 8. The molecule has 0 bridgehead atoms. The minimum atomic E-state index is -1.21. The first-order chi connectivity index (χ1) is 14.3. The fourth-order valence-corrected chi connectivity index (χ4v) is 2.52. The number of ketones is 1. The number of carbonyl (C=O) groups is 2. The van der Waals surface area contributed by atoms with Crippen LogP contribution in [-0.2, 0) is 9.59 Å². The molecule has 1 aromatic carbocycles. The van der Waals surface area contributed by atoms with Crippen molar-refractivity contribution in [2.45, 2.75) is 46.1 Å². The van der Waals surface area contributed by atoms with Gasteiger partial charge in [-0.3, -0.25) is 15.1 Å². The van der Waals surface area contributed by atoms with Gasteiger partial charge in [0.1, 0.15) is 12.5 Å². The third-order valence-electron chi connectivity index (χ3n) is 3.86. The molecule has 172 valence electrons. The Morgan fingerprint density at radius 2 is 1.90 bits per heavy atom. The summed E-state index contributed by atoms with van der Waals surface area (Å²) in [5.74, 6) is -2.39. The van der Waals surface area contributed by atoms with E-state index in [4.69, 9.17) is 4.79 Å². The van der Waals surface area contributed by atoms with Crippen molar-refractivity contribution in [1.82, 2.24) is 5.32 Å². The highest BCUT2D eigenvalue weighted by atomic mass is 19.2. The monoisotopic (exact) mass is 431 g/mol. The second-order valence-electron chi connectivity index (χ2n) is 6.60. The van der Waals surface area contributed by atoms with Crippen LogP contribution < -0.4 is 15.3 Å². The van der Waals surface area contributed by atoms with Crippen molar-refractivity contribution in [2.75, 3.05) is 36.1 Å². The number of aliphatic hydroxyl groups is 1. The van der Waals surface area contributed by atoms with Gasteiger partial charge in [0, 0.05) is 27.1 Å². The molecule has 9 heteroatoms. The van der Waals surface area contributed by atoms with Crippen molar-refractivity contribution in [1.29, 1.82) is 0 Å². The van der Waals surface area contributed by atoms with Crippen LogP contribution in [0.3, 0.4) is 0 Å². The van der Waals surface area contributed by atoms with Crippen molar-refractivity contribution >= 4 is 23.9 Å². The maximum atomic E-state index is 14.3. The summed E-state index contributed by atoms with van der Waals surface area (Å²) in [6, 6.07) is 2.57. The second kappa shape index (κ2) is 15.5. The molecule has 0 aromatic heterocycles. The number of benzene rings is 1. The van der Waals surface area contributed by atoms with E-state index < -0.39 is 17.7 Å². The normalized spacial score (nSPS) is 13.7. The molecule has 0 aliphatic carbocycles. The van der Waals surface area contributed by atoms with Crippen molar-refractivity contribution in [3.8, 4) is 0 Å². The molecular formula is C21H35F2N3O4. The van der Waals surface area contributed by atoms with Gasteiger partial charge in [-0.15, -0.1) is 0 Å². The Morgan fingerprint density at radius 3 is 2.43 bits per heavy atom. The number of nitrogens with zero attached hydrogens (tertiary/aromatic N) is 2. The van der Waals surface area contributed by atoms with E-state index in [1.807, 2.05) is 13.7 Å². The van der Waals surface area contributed by atoms with Crippen LogP contribution >= 0.6 is 0 Å². The van der Waals surface area contributed by atoms with E-state index in [0.717, 1.165) is 6.42 Å². The number of nitrogens with one attached hydrogen (secondary N) is 1. The average Bonchev–Trinajstić information content (AvgIpc) is 2.73. The van der Waals surface area contributed by atoms with E-state index in [1.54, 1.807) is 0 Å². The van der Waals surface area contributed by atoms with Gasteiger partial charge in [-0.05, 0) is 31.2 Å². The van der Waals surface area contributed by atoms with Gasteiger partial charge in [0.25, 0.3) is 0 Å². The summed E-state index contributed by atoms with van der Waals surface area (Å²) in [6.07, 6.45) is 4.15. The van der Waals surface area contributed by atoms with Crippen LogP contribution in [0.25, 0.3) is 0 Å². The summed E-state index contributed by atoms with van der Waals surface area (Å²) in [5, 5.41) is 23.2. The van der Waals surface area contributed by atoms with E-state index in [0.29, 0.717) is 11.6 Å². The molecule has 30 heavy (non-hydrogen) atoms. The van der Waals surface area contributed by atoms with Crippen molar-refractivity contribution in [3.63, 3.8) is 0 Å². The number of hydrogen-bond acceptors (Lipinski definition) is 7. The highest BCUT2D eigenvalue weighted by Gasteiger charge is 2.22. The van der Waals surface area contributed by atoms with Gasteiger partial charge in [-0.2, -0.15) is 0 Å². The minimum absolute atomic E-state index is 0. The summed E-state index contributed by atoms with van der Waals surface area (Å²) < 4.78 is 28.7. The van der Waals surface area contributed by atoms with Gasteiger partial charge < -0.3 is 20.1 Å². The summed E-state index contributed by atoms with van der Waals surface area (Å²) in [4.78, 5) is 20.6. The second-order valence-corrected chi connectivity index (χ2v) is 6.60. The summed E-state index contributed by atoms with van der Waals surface area (Å²) in [7, 11) is 0. The van der Waals surface area contributed by atoms with Crippen LogP contribution in [0, 0.1) is 11.6 Å². The highest BCUT2D eigenvalue weighted by molar-refractivity contribution is 5.91. The van der Waals surface area contributed by atoms with Crippen molar-refractivity contribution in [2.24, 2.45) is 0 Å². The lowest BCUT2D eigenvalue weighted by Gasteiger charge is -2.26. The zero-order chi connectivity index (χ0) is 23.1. The predicted molar refractivity (Wildman–Crippen MR) is 116 cm³/mol. The Bertz CT molecular complexity index is 680. The molecule has 1 atom stereocenters. The summed E-state index contributed by atoms with van der Waals surface area (Å²) in [5.41, 5.74) is -0.364. The van der Waals surface area contributed by atoms with Crippen LogP contribution in [-0.4, -0.2) is 55.2 Å². The molecule has 2 rings (SSSR count). The van der Waals surface area contributed by atoms with Crippen LogP contribution in [0.1, 0.15) is 41.5 Å². The molecule has 0 fully saturated rings. The summed E-state index contributed by atoms with van der Waals surface area (Å²) >= 11 is 0. The van der Waals surface area contributed by atoms with Gasteiger partial charge in [0.05, 0.1) is 18.3 Å². The number of aliphatic hydroxyl groups excluding tert-OH is 1. The zero-order valence-corrected chi connectivity index (χ0v) is 17.9. The largest absolute Gasteiger partial charge is 0.390 e. The fourth-order valence-electron chi connectivity index (χ4n) is 2.52. The Morgan fingerprint density at radius 1 is 1.27 bits per heavy atom. The van der Waals surface area contributed by atoms with Gasteiger partial charge in [-0.25, -0.2) is 8.78 Å². The van der Waals surface area contributed by atoms with Crippen molar-refractivity contribution < 1.29 is 30.1 Å². The molecule has 1 heterocycles. The van der Waals surface area contributed by atoms with E-state index in [1.165, 1.54) is 35.7 Å². The smallest absolute Gasteiger partial charge is 0.186 e. The highest BCUT2D eigenvalue weighted by Crippen LogP contribution is 2.30. The quantitative estimate of drug-likeness (QED) is 0.430. The molecule has 7 nitrogen and oxygen atoms in total. The number of carbonyl (C=O) groups excluding carboxylic acids is 2. The lowest BCUT2D eigenvalue weighted by atomic mass is 10.1. The molecule has 3 N–H and O–H groups in total. The average molecular weight is 432 g/mol. The molecule has 0 saturated carbocycles. The fraction of sp³-hybridized carbons (Fsp3) is 0.524. The third-order valence-corrected chi connectivity index (χ3v) is 3.86. The Kier molecular flexibility index (Phi) is 14.3. The van der Waals surface area contributed by atoms with Crippen LogP contribution in [0.4, 0.5) is 20.2 Å². The van der Waals surface area contributed by atoms with Gasteiger partial charge in [-0.1, -0.05) is 27.2 Å². The third kappa shape index (κ3) is 8.98. The topological polar surface area (TPSA) is 93.1 Å². The standard InChI is InChI=1S/C17H23F2N3O3.C3H8.CH2O.H2/c1-2-7-20-10-13(24)11-22(25)15-4-3-14(16(18)17(15)19)21-8-5-12(23)6-9-21;1-3-2;1-2;/h3-5,8,13,20,24-25H,2,6-7,9-11H2,1H3;3H2,1-2H3;1H2;1H. The van der Waals surface area contributed by atoms with Gasteiger partial charge >= 0.3 is 0 Å². The first-order valence-electron chi connectivity index (χ1n) is 9.95. The first kappa shape index (κ1) is 27.6. The molecular weight excluding hydrogens is 396 g/mol. The number of allylic oxidation sites excluding steroid dienone is 1. The van der Waals surface area contributed by atoms with Crippen molar-refractivity contribution in [3.05, 3.63) is 36.0 Å². The van der Waals surface area contributed by atoms with Crippen LogP contribution in [0.2, 0.25) is 0 Å². The van der Waals surface area contributed by atoms with Gasteiger partial charge in [0.2, 0.25) is 0 Å². The molecule has 0 saturated heterocycles. The maximum absolute atomic E-state index is 14.3. The molecule has 1 aromatic rings. The lowest BCUT2D eigenvalue weighted by Crippen LogP contribution is -2.37. The molecule has 0 spiro atoms. The van der Waals surface area contributed by atoms with E-state index in [-0.39, 0.29) is 44.6 Å². The van der Waals surface area contributed by atoms with Crippen LogP contribution in [0.5, 0.6) is 0 Å². The molecule has 1 unspecified atom stereocenters. The number of hydroxylamine groups is 1. The van der Waals surface area contributed by atoms with Gasteiger partial charge in [0.15, 0.2) is 17.4 Å². The molecule has 1 aliphatic heterocycles. The lowest BCUT2D eigenvalue weighted by molar-refractivity contribution is -0.114. The molecule has 0 amide bonds. The summed E-state index contributed by atoms with van der Waals surface area (Å²) in [6.45, 7) is 9.18. The Labute approximate surface area is 178 Å². The minimum Gasteiger partial charge on any atom is -0.390 e. The predicted octanol–water partition coefficient (Wildman–Crippen LogP) is 3.29. The first-order valence-corrected chi connectivity index (χ1v) is 9.95. The van der Waals surface area contributed by atoms with E-state index >= 15 is 0 Å². The number of anilines is 2. The van der Waals surface area contributed by atoms with Crippen LogP contribution in [0.15, 0.2) is 24.4 Å². The maximum Gasteiger partial charge on any atom is 0.186 e. The Hall–Kier alpha value is -2.36. The number of hydrogen-bond donors (Lipinski definition) is 3. The molecule has 1 aliphatic rings.